The lowest BCUT2D eigenvalue weighted by Gasteiger charge is -2.47. The van der Waals surface area contributed by atoms with E-state index in [1.165, 1.54) is 6.07 Å². The molecule has 0 radical (unpaired) electrons. The molecule has 2 atom stereocenters. The molecule has 2 aliphatic rings. The van der Waals surface area contributed by atoms with Crippen molar-refractivity contribution in [2.24, 2.45) is 0 Å². The Morgan fingerprint density at radius 3 is 2.38 bits per heavy atom. The summed E-state index contributed by atoms with van der Waals surface area (Å²) in [5, 5.41) is 13.7. The van der Waals surface area contributed by atoms with E-state index in [0.29, 0.717) is 53.8 Å². The third kappa shape index (κ3) is 5.27. The number of carbonyl (C=O) groups excluding carboxylic acids is 2. The summed E-state index contributed by atoms with van der Waals surface area (Å²) in [4.78, 5) is 29.6. The van der Waals surface area contributed by atoms with Gasteiger partial charge in [-0.25, -0.2) is 4.39 Å². The molecule has 5 nitrogen and oxygen atoms in total. The fourth-order valence-corrected chi connectivity index (χ4v) is 5.84. The number of aliphatic hydroxyl groups excluding tert-OH is 1. The van der Waals surface area contributed by atoms with E-state index in [2.05, 4.69) is 5.32 Å². The number of hydrogen-bond donors (Lipinski definition) is 2. The highest BCUT2D eigenvalue weighted by Gasteiger charge is 2.46. The Balaban J connectivity index is 1.51. The van der Waals surface area contributed by atoms with Crippen molar-refractivity contribution in [1.29, 1.82) is 0 Å². The third-order valence-corrected chi connectivity index (χ3v) is 7.83. The van der Waals surface area contributed by atoms with Gasteiger partial charge in [-0.2, -0.15) is 0 Å². The van der Waals surface area contributed by atoms with Gasteiger partial charge >= 0.3 is 0 Å². The largest absolute Gasteiger partial charge is 0.393 e. The Morgan fingerprint density at radius 1 is 0.973 bits per heavy atom. The number of benzene rings is 3. The van der Waals surface area contributed by atoms with Crippen LogP contribution in [0.3, 0.4) is 0 Å². The number of nitrogens with one attached hydrogen (secondary N) is 1. The Labute approximate surface area is 221 Å². The number of hydrogen-bond acceptors (Lipinski definition) is 3. The molecule has 0 spiro atoms. The fraction of sp³-hybridized carbons (Fsp3) is 0.333. The quantitative estimate of drug-likeness (QED) is 0.456. The van der Waals surface area contributed by atoms with Gasteiger partial charge in [0.05, 0.1) is 18.1 Å². The summed E-state index contributed by atoms with van der Waals surface area (Å²) in [7, 11) is 0. The van der Waals surface area contributed by atoms with Crippen LogP contribution >= 0.6 is 11.6 Å². The Bertz CT molecular complexity index is 1270. The minimum atomic E-state index is -0.650. The molecule has 7 heteroatoms. The number of rotatable bonds is 6. The molecule has 1 aliphatic heterocycles. The molecule has 2 amide bonds. The van der Waals surface area contributed by atoms with Crippen LogP contribution in [-0.4, -0.2) is 40.5 Å². The monoisotopic (exact) mass is 520 g/mol. The summed E-state index contributed by atoms with van der Waals surface area (Å²) in [5.74, 6) is -1.26. The zero-order valence-corrected chi connectivity index (χ0v) is 21.2. The summed E-state index contributed by atoms with van der Waals surface area (Å²) in [6.07, 6.45) is 2.56. The van der Waals surface area contributed by atoms with Crippen LogP contribution in [0.2, 0.25) is 5.02 Å². The number of carbonyl (C=O) groups is 2. The van der Waals surface area contributed by atoms with Crippen LogP contribution in [-0.2, 0) is 11.2 Å². The maximum Gasteiger partial charge on any atom is 0.254 e. The van der Waals surface area contributed by atoms with E-state index in [1.807, 2.05) is 35.2 Å². The van der Waals surface area contributed by atoms with Gasteiger partial charge in [-0.1, -0.05) is 60.1 Å². The zero-order chi connectivity index (χ0) is 25.9. The van der Waals surface area contributed by atoms with Gasteiger partial charge in [0.15, 0.2) is 0 Å². The molecule has 0 unspecified atom stereocenters. The number of fused-ring (bicyclic) bond motifs is 1. The average molecular weight is 521 g/mol. The lowest BCUT2D eigenvalue weighted by atomic mass is 9.77. The van der Waals surface area contributed by atoms with Crippen LogP contribution in [0.15, 0.2) is 72.8 Å². The maximum absolute atomic E-state index is 14.1. The fourth-order valence-electron chi connectivity index (χ4n) is 5.72. The molecule has 5 rings (SSSR count). The normalized spacial score (nSPS) is 23.4. The van der Waals surface area contributed by atoms with Crippen molar-refractivity contribution in [1.82, 2.24) is 10.2 Å². The van der Waals surface area contributed by atoms with Gasteiger partial charge in [-0.05, 0) is 73.1 Å². The Hall–Kier alpha value is -3.22. The minimum Gasteiger partial charge on any atom is -0.393 e. The number of aliphatic hydroxyl groups is 1. The summed E-state index contributed by atoms with van der Waals surface area (Å²) in [5.41, 5.74) is 2.57. The van der Waals surface area contributed by atoms with Crippen molar-refractivity contribution in [3.8, 4) is 0 Å². The zero-order valence-electron chi connectivity index (χ0n) is 20.4. The number of halogens is 2. The first-order valence-corrected chi connectivity index (χ1v) is 13.2. The van der Waals surface area contributed by atoms with Gasteiger partial charge in [0.25, 0.3) is 5.91 Å². The van der Waals surface area contributed by atoms with Crippen molar-refractivity contribution in [3.05, 3.63) is 106 Å². The molecule has 1 aliphatic carbocycles. The van der Waals surface area contributed by atoms with E-state index in [0.717, 1.165) is 5.56 Å². The van der Waals surface area contributed by atoms with Crippen molar-refractivity contribution in [3.63, 3.8) is 0 Å². The summed E-state index contributed by atoms with van der Waals surface area (Å²) < 4.78 is 14.1. The van der Waals surface area contributed by atoms with Crippen LogP contribution in [0.5, 0.6) is 0 Å². The Morgan fingerprint density at radius 2 is 1.65 bits per heavy atom. The molecule has 192 valence electrons. The first-order valence-electron chi connectivity index (χ1n) is 12.8. The molecular weight excluding hydrogens is 491 g/mol. The smallest absolute Gasteiger partial charge is 0.254 e. The molecule has 2 N–H and O–H groups in total. The van der Waals surface area contributed by atoms with Gasteiger partial charge < -0.3 is 15.3 Å². The number of amides is 2. The molecule has 0 bridgehead atoms. The molecule has 1 saturated carbocycles. The van der Waals surface area contributed by atoms with E-state index in [9.17, 15) is 19.1 Å². The standard InChI is InChI=1S/C30H30ClFN2O3/c31-21-11-9-20(10-12-21)28-27(29(36)33-18-17-19-5-1-4-8-26(19)32)24-6-2-3-7-25(24)30(37)34(28)22-13-15-23(35)16-14-22/h1-12,22-23,27-28,35H,13-18H2,(H,33,36)/t22?,23?,27-,28+/m1/s1. The van der Waals surface area contributed by atoms with E-state index in [1.54, 1.807) is 36.4 Å². The first kappa shape index (κ1) is 25.4. The van der Waals surface area contributed by atoms with Crippen LogP contribution in [0, 0.1) is 5.82 Å². The average Bonchev–Trinajstić information content (AvgIpc) is 2.91. The molecule has 1 fully saturated rings. The highest BCUT2D eigenvalue weighted by molar-refractivity contribution is 6.30. The van der Waals surface area contributed by atoms with Crippen molar-refractivity contribution in [2.45, 2.75) is 56.2 Å². The predicted molar refractivity (Wildman–Crippen MR) is 141 cm³/mol. The van der Waals surface area contributed by atoms with Gasteiger partial charge in [0.1, 0.15) is 5.82 Å². The number of nitrogens with zero attached hydrogens (tertiary/aromatic N) is 1. The molecule has 0 aromatic heterocycles. The van der Waals surface area contributed by atoms with Crippen molar-refractivity contribution in [2.75, 3.05) is 6.54 Å². The van der Waals surface area contributed by atoms with Gasteiger partial charge in [-0.3, -0.25) is 9.59 Å². The second-order valence-corrected chi connectivity index (χ2v) is 10.3. The summed E-state index contributed by atoms with van der Waals surface area (Å²) >= 11 is 6.18. The Kier molecular flexibility index (Phi) is 7.58. The van der Waals surface area contributed by atoms with Crippen molar-refractivity contribution < 1.29 is 19.1 Å². The molecule has 1 heterocycles. The molecule has 0 saturated heterocycles. The van der Waals surface area contributed by atoms with Crippen LogP contribution in [0.4, 0.5) is 4.39 Å². The summed E-state index contributed by atoms with van der Waals surface area (Å²) in [6, 6.07) is 20.5. The van der Waals surface area contributed by atoms with Crippen LogP contribution in [0.25, 0.3) is 0 Å². The molecule has 37 heavy (non-hydrogen) atoms. The SMILES string of the molecule is O=C(NCCc1ccccc1F)[C@@H]1c2ccccc2C(=O)N(C2CCC(O)CC2)[C@H]1c1ccc(Cl)cc1. The van der Waals surface area contributed by atoms with E-state index in [4.69, 9.17) is 11.6 Å². The lowest BCUT2D eigenvalue weighted by molar-refractivity contribution is -0.124. The second-order valence-electron chi connectivity index (χ2n) is 9.87. The molecular formula is C30H30ClFN2O3. The van der Waals surface area contributed by atoms with Gasteiger partial charge in [-0.15, -0.1) is 0 Å². The van der Waals surface area contributed by atoms with E-state index in [-0.39, 0.29) is 36.3 Å². The second kappa shape index (κ2) is 11.0. The minimum absolute atomic E-state index is 0.0985. The van der Waals surface area contributed by atoms with Crippen LogP contribution < -0.4 is 5.32 Å². The predicted octanol–water partition coefficient (Wildman–Crippen LogP) is 5.42. The van der Waals surface area contributed by atoms with E-state index >= 15 is 0 Å². The van der Waals surface area contributed by atoms with Crippen LogP contribution in [0.1, 0.15) is 64.7 Å². The maximum atomic E-state index is 14.1. The molecule has 3 aromatic carbocycles. The van der Waals surface area contributed by atoms with E-state index < -0.39 is 12.0 Å². The summed E-state index contributed by atoms with van der Waals surface area (Å²) in [6.45, 7) is 0.273. The third-order valence-electron chi connectivity index (χ3n) is 7.58. The van der Waals surface area contributed by atoms with Crippen molar-refractivity contribution >= 4 is 23.4 Å². The van der Waals surface area contributed by atoms with Gasteiger partial charge in [0, 0.05) is 23.2 Å². The van der Waals surface area contributed by atoms with Gasteiger partial charge in [0.2, 0.25) is 5.91 Å². The highest BCUT2D eigenvalue weighted by atomic mass is 35.5. The molecule has 3 aromatic rings. The highest BCUT2D eigenvalue weighted by Crippen LogP contribution is 2.46. The topological polar surface area (TPSA) is 69.6 Å². The first-order chi connectivity index (χ1) is 17.9. The lowest BCUT2D eigenvalue weighted by Crippen LogP contribution is -2.52.